The van der Waals surface area contributed by atoms with E-state index in [0.29, 0.717) is 5.92 Å². The van der Waals surface area contributed by atoms with Crippen molar-refractivity contribution in [2.24, 2.45) is 0 Å². The minimum Gasteiger partial charge on any atom is -0.477 e. The molecule has 0 bridgehead atoms. The van der Waals surface area contributed by atoms with Gasteiger partial charge < -0.3 is 5.11 Å². The van der Waals surface area contributed by atoms with Gasteiger partial charge in [0.1, 0.15) is 5.56 Å². The van der Waals surface area contributed by atoms with Crippen LogP contribution in [0.4, 0.5) is 0 Å². The number of hydrogen-bond acceptors (Lipinski definition) is 3. The Morgan fingerprint density at radius 3 is 2.38 bits per heavy atom. The zero-order valence-corrected chi connectivity index (χ0v) is 11.8. The maximum absolute atomic E-state index is 11.7. The summed E-state index contributed by atoms with van der Waals surface area (Å²) in [5.41, 5.74) is 0.0638. The fourth-order valence-electron chi connectivity index (χ4n) is 1.98. The Kier molecular flexibility index (Phi) is 4.07. The van der Waals surface area contributed by atoms with Gasteiger partial charge in [0.15, 0.2) is 0 Å². The smallest absolute Gasteiger partial charge is 0.342 e. The maximum atomic E-state index is 11.7. The molecule has 0 atom stereocenters. The van der Waals surface area contributed by atoms with E-state index in [4.69, 9.17) is 5.11 Å². The Morgan fingerprint density at radius 2 is 1.86 bits per heavy atom. The van der Waals surface area contributed by atoms with Crippen molar-refractivity contribution in [2.45, 2.75) is 26.3 Å². The summed E-state index contributed by atoms with van der Waals surface area (Å²) in [6.45, 7) is 4.37. The standard InChI is InChI=1S/C15H16N2O4/c1-9(2)11-5-3-10(4-6-11)7-17-8-12(14(19)20)13(18)16-15(17)21/h3-6,8-9H,7H2,1-2H3,(H,19,20)(H,16,18,21). The molecule has 110 valence electrons. The first-order chi connectivity index (χ1) is 9.88. The molecule has 0 unspecified atom stereocenters. The van der Waals surface area contributed by atoms with Crippen molar-refractivity contribution < 1.29 is 9.90 Å². The molecular formula is C15H16N2O4. The number of hydrogen-bond donors (Lipinski definition) is 2. The lowest BCUT2D eigenvalue weighted by Gasteiger charge is -2.09. The van der Waals surface area contributed by atoms with Gasteiger partial charge in [-0.2, -0.15) is 0 Å². The minimum atomic E-state index is -1.36. The van der Waals surface area contributed by atoms with Crippen LogP contribution in [0.5, 0.6) is 0 Å². The van der Waals surface area contributed by atoms with Crippen molar-refractivity contribution >= 4 is 5.97 Å². The van der Waals surface area contributed by atoms with E-state index >= 15 is 0 Å². The summed E-state index contributed by atoms with van der Waals surface area (Å²) in [7, 11) is 0. The van der Waals surface area contributed by atoms with Crippen LogP contribution in [-0.2, 0) is 6.54 Å². The molecule has 21 heavy (non-hydrogen) atoms. The molecule has 6 heteroatoms. The number of nitrogens with zero attached hydrogens (tertiary/aromatic N) is 1. The number of aromatic amines is 1. The van der Waals surface area contributed by atoms with E-state index in [2.05, 4.69) is 13.8 Å². The number of aromatic nitrogens is 2. The lowest BCUT2D eigenvalue weighted by Crippen LogP contribution is -2.33. The minimum absolute atomic E-state index is 0.203. The van der Waals surface area contributed by atoms with Crippen LogP contribution in [0.25, 0.3) is 0 Å². The van der Waals surface area contributed by atoms with Crippen molar-refractivity contribution in [1.82, 2.24) is 9.55 Å². The fourth-order valence-corrected chi connectivity index (χ4v) is 1.98. The lowest BCUT2D eigenvalue weighted by molar-refractivity contribution is 0.0693. The quantitative estimate of drug-likeness (QED) is 0.889. The van der Waals surface area contributed by atoms with Gasteiger partial charge in [-0.05, 0) is 17.0 Å². The molecule has 2 rings (SSSR count). The molecule has 0 aliphatic rings. The van der Waals surface area contributed by atoms with Gasteiger partial charge >= 0.3 is 11.7 Å². The molecule has 0 radical (unpaired) electrons. The summed E-state index contributed by atoms with van der Waals surface area (Å²) in [5, 5.41) is 8.91. The third-order valence-corrected chi connectivity index (χ3v) is 3.24. The number of carbonyl (C=O) groups is 1. The average Bonchev–Trinajstić information content (AvgIpc) is 2.42. The van der Waals surface area contributed by atoms with Gasteiger partial charge in [-0.1, -0.05) is 38.1 Å². The first kappa shape index (κ1) is 14.8. The van der Waals surface area contributed by atoms with Crippen LogP contribution in [0, 0.1) is 0 Å². The highest BCUT2D eigenvalue weighted by atomic mass is 16.4. The number of carboxylic acids is 1. The molecule has 0 amide bonds. The lowest BCUT2D eigenvalue weighted by atomic mass is 10.0. The van der Waals surface area contributed by atoms with Gasteiger partial charge in [-0.3, -0.25) is 14.3 Å². The second-order valence-electron chi connectivity index (χ2n) is 5.13. The largest absolute Gasteiger partial charge is 0.477 e. The molecule has 1 aromatic heterocycles. The fraction of sp³-hybridized carbons (Fsp3) is 0.267. The predicted molar refractivity (Wildman–Crippen MR) is 77.9 cm³/mol. The van der Waals surface area contributed by atoms with Crippen LogP contribution < -0.4 is 11.2 Å². The Morgan fingerprint density at radius 1 is 1.24 bits per heavy atom. The molecule has 0 saturated heterocycles. The zero-order chi connectivity index (χ0) is 15.6. The first-order valence-corrected chi connectivity index (χ1v) is 6.54. The Bertz CT molecular complexity index is 769. The summed E-state index contributed by atoms with van der Waals surface area (Å²) in [6, 6.07) is 7.70. The van der Waals surface area contributed by atoms with Crippen LogP contribution in [0.3, 0.4) is 0 Å². The number of H-pyrrole nitrogens is 1. The van der Waals surface area contributed by atoms with Crippen LogP contribution in [-0.4, -0.2) is 20.6 Å². The summed E-state index contributed by atoms with van der Waals surface area (Å²) in [6.07, 6.45) is 1.07. The van der Waals surface area contributed by atoms with Gasteiger partial charge in [-0.25, -0.2) is 9.59 Å². The zero-order valence-electron chi connectivity index (χ0n) is 11.8. The third-order valence-electron chi connectivity index (χ3n) is 3.24. The van der Waals surface area contributed by atoms with E-state index in [9.17, 15) is 14.4 Å². The highest BCUT2D eigenvalue weighted by molar-refractivity contribution is 5.86. The van der Waals surface area contributed by atoms with E-state index < -0.39 is 22.8 Å². The van der Waals surface area contributed by atoms with Crippen LogP contribution in [0.2, 0.25) is 0 Å². The molecule has 2 N–H and O–H groups in total. The SMILES string of the molecule is CC(C)c1ccc(Cn2cc(C(=O)O)c(=O)[nH]c2=O)cc1. The molecule has 1 aromatic carbocycles. The number of carboxylic acid groups (broad SMARTS) is 1. The summed E-state index contributed by atoms with van der Waals surface area (Å²) < 4.78 is 1.18. The summed E-state index contributed by atoms with van der Waals surface area (Å²) >= 11 is 0. The number of nitrogens with one attached hydrogen (secondary N) is 1. The number of aromatic carboxylic acids is 1. The molecular weight excluding hydrogens is 272 g/mol. The Hall–Kier alpha value is -2.63. The Balaban J connectivity index is 2.35. The molecule has 0 fully saturated rings. The van der Waals surface area contributed by atoms with Crippen molar-refractivity contribution in [3.8, 4) is 0 Å². The van der Waals surface area contributed by atoms with Crippen molar-refractivity contribution in [3.63, 3.8) is 0 Å². The van der Waals surface area contributed by atoms with Gasteiger partial charge in [0, 0.05) is 6.20 Å². The number of benzene rings is 1. The summed E-state index contributed by atoms with van der Waals surface area (Å²) in [5.74, 6) is -0.950. The Labute approximate surface area is 120 Å². The van der Waals surface area contributed by atoms with Gasteiger partial charge in [0.2, 0.25) is 0 Å². The van der Waals surface area contributed by atoms with E-state index in [0.717, 1.165) is 11.8 Å². The van der Waals surface area contributed by atoms with Crippen molar-refractivity contribution in [2.75, 3.05) is 0 Å². The molecule has 1 heterocycles. The van der Waals surface area contributed by atoms with E-state index in [1.807, 2.05) is 29.2 Å². The average molecular weight is 288 g/mol. The van der Waals surface area contributed by atoms with Gasteiger partial charge in [0.25, 0.3) is 5.56 Å². The monoisotopic (exact) mass is 288 g/mol. The topological polar surface area (TPSA) is 92.2 Å². The molecule has 0 aliphatic heterocycles. The molecule has 6 nitrogen and oxygen atoms in total. The predicted octanol–water partition coefficient (Wildman–Crippen LogP) is 1.41. The highest BCUT2D eigenvalue weighted by Crippen LogP contribution is 2.14. The molecule has 2 aromatic rings. The van der Waals surface area contributed by atoms with Gasteiger partial charge in [0.05, 0.1) is 6.54 Å². The summed E-state index contributed by atoms with van der Waals surface area (Å²) in [4.78, 5) is 36.0. The third kappa shape index (κ3) is 3.28. The van der Waals surface area contributed by atoms with Crippen LogP contribution >= 0.6 is 0 Å². The van der Waals surface area contributed by atoms with Crippen LogP contribution in [0.1, 0.15) is 41.3 Å². The van der Waals surface area contributed by atoms with Crippen molar-refractivity contribution in [1.29, 1.82) is 0 Å². The van der Waals surface area contributed by atoms with E-state index in [-0.39, 0.29) is 6.54 Å². The van der Waals surface area contributed by atoms with Crippen LogP contribution in [0.15, 0.2) is 40.1 Å². The van der Waals surface area contributed by atoms with E-state index in [1.54, 1.807) is 0 Å². The second-order valence-corrected chi connectivity index (χ2v) is 5.13. The molecule has 0 aliphatic carbocycles. The highest BCUT2D eigenvalue weighted by Gasteiger charge is 2.11. The normalized spacial score (nSPS) is 10.8. The second kappa shape index (κ2) is 5.78. The van der Waals surface area contributed by atoms with Crippen molar-refractivity contribution in [3.05, 3.63) is 68.0 Å². The number of rotatable bonds is 4. The van der Waals surface area contributed by atoms with E-state index in [1.165, 1.54) is 10.1 Å². The maximum Gasteiger partial charge on any atom is 0.342 e. The molecule has 0 spiro atoms. The first-order valence-electron chi connectivity index (χ1n) is 6.54. The molecule has 0 saturated carbocycles. The van der Waals surface area contributed by atoms with Gasteiger partial charge in [-0.15, -0.1) is 0 Å².